The Labute approximate surface area is 218 Å². The van der Waals surface area contributed by atoms with Gasteiger partial charge >= 0.3 is 0 Å². The van der Waals surface area contributed by atoms with Crippen LogP contribution >= 0.6 is 24.0 Å². The molecule has 9 heteroatoms. The first kappa shape index (κ1) is 25.8. The second-order valence-corrected chi connectivity index (χ2v) is 7.95. The molecule has 1 aliphatic heterocycles. The molecule has 3 aromatic rings. The smallest absolute Gasteiger partial charge is 0.194 e. The summed E-state index contributed by atoms with van der Waals surface area (Å²) in [4.78, 5) is 17.1. The molecule has 0 saturated carbocycles. The molecule has 0 amide bonds. The number of hydrogen-bond donors (Lipinski definition) is 2. The Bertz CT molecular complexity index is 1060. The molecule has 0 bridgehead atoms. The molecule has 2 aromatic carbocycles. The maximum Gasteiger partial charge on any atom is 0.194 e. The Balaban J connectivity index is 0.00000324. The van der Waals surface area contributed by atoms with Crippen molar-refractivity contribution >= 4 is 29.9 Å². The van der Waals surface area contributed by atoms with Crippen LogP contribution in [0.15, 0.2) is 59.7 Å². The van der Waals surface area contributed by atoms with Gasteiger partial charge in [0.05, 0.1) is 32.7 Å². The van der Waals surface area contributed by atoms with Crippen LogP contribution in [0.5, 0.6) is 11.5 Å². The van der Waals surface area contributed by atoms with E-state index in [4.69, 9.17) is 9.47 Å². The van der Waals surface area contributed by atoms with E-state index in [1.807, 2.05) is 43.6 Å². The Kier molecular flexibility index (Phi) is 9.58. The van der Waals surface area contributed by atoms with E-state index in [-0.39, 0.29) is 24.0 Å². The van der Waals surface area contributed by atoms with Crippen molar-refractivity contribution in [1.82, 2.24) is 25.1 Å². The predicted molar refractivity (Wildman–Crippen MR) is 146 cm³/mol. The van der Waals surface area contributed by atoms with Gasteiger partial charge < -0.3 is 24.7 Å². The Morgan fingerprint density at radius 2 is 1.82 bits per heavy atom. The summed E-state index contributed by atoms with van der Waals surface area (Å²) in [6.07, 6.45) is 1.88. The van der Waals surface area contributed by atoms with Crippen molar-refractivity contribution in [2.45, 2.75) is 13.1 Å². The van der Waals surface area contributed by atoms with Crippen LogP contribution in [0.25, 0.3) is 11.3 Å². The Morgan fingerprint density at radius 3 is 2.50 bits per heavy atom. The monoisotopic (exact) mass is 576 g/mol. The predicted octanol–water partition coefficient (Wildman–Crippen LogP) is 3.61. The van der Waals surface area contributed by atoms with Crippen LogP contribution in [0, 0.1) is 0 Å². The third-order valence-electron chi connectivity index (χ3n) is 5.89. The van der Waals surface area contributed by atoms with E-state index in [2.05, 4.69) is 48.3 Å². The van der Waals surface area contributed by atoms with E-state index in [1.54, 1.807) is 14.2 Å². The number of halogens is 1. The SMILES string of the molecule is CN=C(NCc1ncc(-c2ccccc2)[nH]1)N1CCN(Cc2cc(OC)ccc2OC)CC1.I. The minimum atomic E-state index is 0. The number of hydrogen-bond acceptors (Lipinski definition) is 5. The number of aromatic amines is 1. The normalized spacial score (nSPS) is 14.4. The maximum absolute atomic E-state index is 5.54. The van der Waals surface area contributed by atoms with E-state index in [0.717, 1.165) is 72.8 Å². The lowest BCUT2D eigenvalue weighted by Crippen LogP contribution is -2.52. The number of aromatic nitrogens is 2. The van der Waals surface area contributed by atoms with Gasteiger partial charge in [-0.15, -0.1) is 24.0 Å². The van der Waals surface area contributed by atoms with Crippen molar-refractivity contribution in [3.63, 3.8) is 0 Å². The minimum absolute atomic E-state index is 0. The van der Waals surface area contributed by atoms with E-state index in [9.17, 15) is 0 Å². The van der Waals surface area contributed by atoms with E-state index in [1.165, 1.54) is 0 Å². The van der Waals surface area contributed by atoms with Crippen molar-refractivity contribution in [3.05, 3.63) is 66.1 Å². The summed E-state index contributed by atoms with van der Waals surface area (Å²) in [6, 6.07) is 16.2. The molecule has 1 aromatic heterocycles. The number of ether oxygens (including phenoxy) is 2. The highest BCUT2D eigenvalue weighted by molar-refractivity contribution is 14.0. The molecule has 0 radical (unpaired) electrons. The first-order chi connectivity index (χ1) is 16.2. The molecular weight excluding hydrogens is 543 g/mol. The molecule has 34 heavy (non-hydrogen) atoms. The number of H-pyrrole nitrogens is 1. The van der Waals surface area contributed by atoms with Crippen molar-refractivity contribution in [1.29, 1.82) is 0 Å². The average Bonchev–Trinajstić information content (AvgIpc) is 3.35. The third-order valence-corrected chi connectivity index (χ3v) is 5.89. The van der Waals surface area contributed by atoms with Gasteiger partial charge in [-0.25, -0.2) is 4.98 Å². The van der Waals surface area contributed by atoms with Crippen molar-refractivity contribution in [3.8, 4) is 22.8 Å². The van der Waals surface area contributed by atoms with Gasteiger partial charge in [0.2, 0.25) is 0 Å². The highest BCUT2D eigenvalue weighted by Gasteiger charge is 2.21. The van der Waals surface area contributed by atoms with Crippen LogP contribution in [0.4, 0.5) is 0 Å². The second-order valence-electron chi connectivity index (χ2n) is 7.95. The fraction of sp³-hybridized carbons (Fsp3) is 0.360. The van der Waals surface area contributed by atoms with Gasteiger partial charge in [0.1, 0.15) is 17.3 Å². The lowest BCUT2D eigenvalue weighted by atomic mass is 10.1. The summed E-state index contributed by atoms with van der Waals surface area (Å²) in [5.74, 6) is 3.52. The van der Waals surface area contributed by atoms with Crippen molar-refractivity contribution in [2.24, 2.45) is 4.99 Å². The van der Waals surface area contributed by atoms with Crippen LogP contribution < -0.4 is 14.8 Å². The van der Waals surface area contributed by atoms with Gasteiger partial charge in [0.15, 0.2) is 5.96 Å². The van der Waals surface area contributed by atoms with Gasteiger partial charge in [-0.05, 0) is 23.8 Å². The third kappa shape index (κ3) is 6.41. The molecular formula is C25H33IN6O2. The average molecular weight is 576 g/mol. The molecule has 1 aliphatic rings. The summed E-state index contributed by atoms with van der Waals surface area (Å²) in [5.41, 5.74) is 3.29. The molecule has 0 atom stereocenters. The van der Waals surface area contributed by atoms with Gasteiger partial charge in [0, 0.05) is 45.3 Å². The lowest BCUT2D eigenvalue weighted by Gasteiger charge is -2.36. The zero-order valence-electron chi connectivity index (χ0n) is 20.0. The minimum Gasteiger partial charge on any atom is -0.497 e. The molecule has 1 fully saturated rings. The molecule has 0 aliphatic carbocycles. The van der Waals surface area contributed by atoms with Crippen molar-refractivity contribution in [2.75, 3.05) is 47.4 Å². The summed E-state index contributed by atoms with van der Waals surface area (Å²) < 4.78 is 10.9. The quantitative estimate of drug-likeness (QED) is 0.254. The molecule has 2 heterocycles. The molecule has 0 unspecified atom stereocenters. The number of methoxy groups -OCH3 is 2. The molecule has 8 nitrogen and oxygen atoms in total. The van der Waals surface area contributed by atoms with Crippen LogP contribution in [0.2, 0.25) is 0 Å². The van der Waals surface area contributed by atoms with Gasteiger partial charge in [-0.3, -0.25) is 9.89 Å². The fourth-order valence-corrected chi connectivity index (χ4v) is 4.08. The summed E-state index contributed by atoms with van der Waals surface area (Å²) in [6.45, 7) is 5.12. The lowest BCUT2D eigenvalue weighted by molar-refractivity contribution is 0.171. The summed E-state index contributed by atoms with van der Waals surface area (Å²) in [5, 5.41) is 3.45. The zero-order chi connectivity index (χ0) is 23.0. The first-order valence-electron chi connectivity index (χ1n) is 11.2. The first-order valence-corrected chi connectivity index (χ1v) is 11.2. The van der Waals surface area contributed by atoms with E-state index < -0.39 is 0 Å². The number of piperazine rings is 1. The number of nitrogens with one attached hydrogen (secondary N) is 2. The number of imidazole rings is 1. The van der Waals surface area contributed by atoms with Gasteiger partial charge in [-0.2, -0.15) is 0 Å². The fourth-order valence-electron chi connectivity index (χ4n) is 4.08. The number of rotatable bonds is 7. The highest BCUT2D eigenvalue weighted by Crippen LogP contribution is 2.25. The standard InChI is InChI=1S/C25H32N6O2.HI/c1-26-25(28-17-24-27-16-22(29-24)19-7-5-4-6-8-19)31-13-11-30(12-14-31)18-20-15-21(32-2)9-10-23(20)33-3;/h4-10,15-16H,11-14,17-18H2,1-3H3,(H,26,28)(H,27,29);1H. The second kappa shape index (κ2) is 12.6. The number of aliphatic imine (C=N–C) groups is 1. The van der Waals surface area contributed by atoms with E-state index >= 15 is 0 Å². The molecule has 0 spiro atoms. The molecule has 182 valence electrons. The van der Waals surface area contributed by atoms with Crippen molar-refractivity contribution < 1.29 is 9.47 Å². The Morgan fingerprint density at radius 1 is 1.06 bits per heavy atom. The van der Waals surface area contributed by atoms with Gasteiger partial charge in [0.25, 0.3) is 0 Å². The summed E-state index contributed by atoms with van der Waals surface area (Å²) >= 11 is 0. The van der Waals surface area contributed by atoms with Crippen LogP contribution in [0.3, 0.4) is 0 Å². The molecule has 2 N–H and O–H groups in total. The van der Waals surface area contributed by atoms with E-state index in [0.29, 0.717) is 6.54 Å². The zero-order valence-corrected chi connectivity index (χ0v) is 22.3. The largest absolute Gasteiger partial charge is 0.497 e. The van der Waals surface area contributed by atoms with Crippen LogP contribution in [-0.4, -0.2) is 73.2 Å². The van der Waals surface area contributed by atoms with Gasteiger partial charge in [-0.1, -0.05) is 30.3 Å². The van der Waals surface area contributed by atoms with Crippen LogP contribution in [0.1, 0.15) is 11.4 Å². The molecule has 4 rings (SSSR count). The topological polar surface area (TPSA) is 78.0 Å². The number of nitrogens with zero attached hydrogens (tertiary/aromatic N) is 4. The Hall–Kier alpha value is -2.79. The maximum atomic E-state index is 5.54. The summed E-state index contributed by atoms with van der Waals surface area (Å²) in [7, 11) is 5.22. The number of guanidine groups is 1. The molecule has 1 saturated heterocycles. The van der Waals surface area contributed by atoms with Crippen LogP contribution in [-0.2, 0) is 13.1 Å². The number of benzene rings is 2. The highest BCUT2D eigenvalue weighted by atomic mass is 127.